The third kappa shape index (κ3) is 3.04. The maximum atomic E-state index is 13.1. The molecule has 0 spiro atoms. The van der Waals surface area contributed by atoms with E-state index in [0.29, 0.717) is 33.5 Å². The van der Waals surface area contributed by atoms with Crippen molar-refractivity contribution in [1.82, 2.24) is 14.5 Å². The van der Waals surface area contributed by atoms with E-state index in [1.165, 1.54) is 5.56 Å². The first kappa shape index (κ1) is 18.2. The van der Waals surface area contributed by atoms with Gasteiger partial charge in [-0.25, -0.2) is 4.98 Å². The molecule has 0 saturated carbocycles. The molecule has 2 aliphatic heterocycles. The first-order chi connectivity index (χ1) is 13.6. The van der Waals surface area contributed by atoms with Gasteiger partial charge in [-0.2, -0.15) is 0 Å². The molecule has 28 heavy (non-hydrogen) atoms. The summed E-state index contributed by atoms with van der Waals surface area (Å²) in [5.41, 5.74) is 1.97. The Bertz CT molecular complexity index is 1100. The zero-order valence-electron chi connectivity index (χ0n) is 15.4. The Morgan fingerprint density at radius 1 is 1.04 bits per heavy atom. The maximum Gasteiger partial charge on any atom is 0.261 e. The summed E-state index contributed by atoms with van der Waals surface area (Å²) in [5.74, 6) is 1.18. The van der Waals surface area contributed by atoms with Gasteiger partial charge in [-0.1, -0.05) is 53.5 Å². The summed E-state index contributed by atoms with van der Waals surface area (Å²) in [6, 6.07) is 14.4. The van der Waals surface area contributed by atoms with Crippen LogP contribution < -0.4 is 5.56 Å². The van der Waals surface area contributed by atoms with Crippen LogP contribution in [0.15, 0.2) is 47.3 Å². The quantitative estimate of drug-likeness (QED) is 0.602. The molecule has 5 rings (SSSR count). The summed E-state index contributed by atoms with van der Waals surface area (Å²) >= 11 is 12.3. The standard InChI is InChI=1S/C22H21Cl2N3O/c23-17-11-16-19(12-18(17)24)25-21-15-7-4-9-26(13-14-5-2-1-3-6-14)20(15)8-10-27(21)22(16)28/h1-3,5-6,11-12,15,20H,4,7-10,13H2/t15-,20+/m0/s1. The molecule has 2 aliphatic rings. The van der Waals surface area contributed by atoms with Gasteiger partial charge in [0.2, 0.25) is 0 Å². The topological polar surface area (TPSA) is 38.1 Å². The second-order valence-electron chi connectivity index (χ2n) is 7.77. The molecule has 2 aromatic carbocycles. The van der Waals surface area contributed by atoms with Crippen molar-refractivity contribution in [3.63, 3.8) is 0 Å². The second kappa shape index (κ2) is 7.18. The van der Waals surface area contributed by atoms with Crippen LogP contribution in [0.1, 0.15) is 36.6 Å². The molecule has 2 atom stereocenters. The Morgan fingerprint density at radius 3 is 2.64 bits per heavy atom. The Balaban J connectivity index is 1.55. The zero-order valence-corrected chi connectivity index (χ0v) is 17.0. The van der Waals surface area contributed by atoms with Gasteiger partial charge >= 0.3 is 0 Å². The second-order valence-corrected chi connectivity index (χ2v) is 8.59. The van der Waals surface area contributed by atoms with Gasteiger partial charge in [-0.05, 0) is 43.5 Å². The van der Waals surface area contributed by atoms with Gasteiger partial charge in [-0.3, -0.25) is 14.3 Å². The van der Waals surface area contributed by atoms with Crippen LogP contribution in [-0.4, -0.2) is 27.0 Å². The summed E-state index contributed by atoms with van der Waals surface area (Å²) in [4.78, 5) is 20.6. The van der Waals surface area contributed by atoms with E-state index in [2.05, 4.69) is 35.2 Å². The monoisotopic (exact) mass is 413 g/mol. The number of likely N-dealkylation sites (tertiary alicyclic amines) is 1. The fourth-order valence-electron chi connectivity index (χ4n) is 4.82. The van der Waals surface area contributed by atoms with Crippen molar-refractivity contribution in [1.29, 1.82) is 0 Å². The number of halogens is 2. The van der Waals surface area contributed by atoms with E-state index >= 15 is 0 Å². The van der Waals surface area contributed by atoms with E-state index in [9.17, 15) is 4.79 Å². The Morgan fingerprint density at radius 2 is 1.82 bits per heavy atom. The highest BCUT2D eigenvalue weighted by atomic mass is 35.5. The highest BCUT2D eigenvalue weighted by molar-refractivity contribution is 6.42. The minimum absolute atomic E-state index is 0.00259. The van der Waals surface area contributed by atoms with Crippen molar-refractivity contribution >= 4 is 34.1 Å². The van der Waals surface area contributed by atoms with Gasteiger partial charge in [0.1, 0.15) is 5.82 Å². The molecule has 0 amide bonds. The van der Waals surface area contributed by atoms with E-state index in [1.54, 1.807) is 12.1 Å². The Labute approximate surface area is 173 Å². The molecule has 1 aromatic heterocycles. The van der Waals surface area contributed by atoms with Crippen LogP contribution in [0.25, 0.3) is 10.9 Å². The number of benzene rings is 2. The number of aromatic nitrogens is 2. The molecule has 0 aliphatic carbocycles. The van der Waals surface area contributed by atoms with Crippen LogP contribution in [0.5, 0.6) is 0 Å². The van der Waals surface area contributed by atoms with Crippen molar-refractivity contribution in [2.75, 3.05) is 6.54 Å². The number of nitrogens with zero attached hydrogens (tertiary/aromatic N) is 3. The average molecular weight is 414 g/mol. The summed E-state index contributed by atoms with van der Waals surface area (Å²) < 4.78 is 1.86. The highest BCUT2D eigenvalue weighted by Gasteiger charge is 2.38. The fraction of sp³-hybridized carbons (Fsp3) is 0.364. The van der Waals surface area contributed by atoms with E-state index in [1.807, 2.05) is 4.57 Å². The lowest BCUT2D eigenvalue weighted by atomic mass is 9.83. The van der Waals surface area contributed by atoms with Crippen molar-refractivity contribution in [2.45, 2.75) is 44.3 Å². The first-order valence-electron chi connectivity index (χ1n) is 9.79. The normalized spacial score (nSPS) is 22.1. The molecular formula is C22H21Cl2N3O. The lowest BCUT2D eigenvalue weighted by Crippen LogP contribution is -2.49. The van der Waals surface area contributed by atoms with Crippen molar-refractivity contribution in [3.8, 4) is 0 Å². The predicted molar refractivity (Wildman–Crippen MR) is 113 cm³/mol. The van der Waals surface area contributed by atoms with Gasteiger partial charge < -0.3 is 0 Å². The van der Waals surface area contributed by atoms with Crippen LogP contribution in [0.2, 0.25) is 10.0 Å². The average Bonchev–Trinajstić information content (AvgIpc) is 2.71. The molecular weight excluding hydrogens is 393 g/mol. The summed E-state index contributed by atoms with van der Waals surface area (Å²) in [6.45, 7) is 2.74. The molecule has 3 aromatic rings. The van der Waals surface area contributed by atoms with Crippen molar-refractivity contribution in [3.05, 3.63) is 74.3 Å². The third-order valence-electron chi connectivity index (χ3n) is 6.13. The van der Waals surface area contributed by atoms with Crippen molar-refractivity contribution < 1.29 is 0 Å². The third-order valence-corrected chi connectivity index (χ3v) is 6.85. The van der Waals surface area contributed by atoms with Crippen LogP contribution in [0.4, 0.5) is 0 Å². The molecule has 144 valence electrons. The number of rotatable bonds is 2. The lowest BCUT2D eigenvalue weighted by Gasteiger charge is -2.44. The Hall–Kier alpha value is -1.88. The van der Waals surface area contributed by atoms with Crippen LogP contribution in [0.3, 0.4) is 0 Å². The predicted octanol–water partition coefficient (Wildman–Crippen LogP) is 4.86. The maximum absolute atomic E-state index is 13.1. The zero-order chi connectivity index (χ0) is 19.3. The SMILES string of the molecule is O=c1c2cc(Cl)c(Cl)cc2nc2n1CC[C@@H]1[C@@H]2CCCN1Cc1ccccc1. The number of hydrogen-bond acceptors (Lipinski definition) is 3. The van der Waals surface area contributed by atoms with Gasteiger partial charge in [0.05, 0.1) is 20.9 Å². The molecule has 1 fully saturated rings. The highest BCUT2D eigenvalue weighted by Crippen LogP contribution is 2.38. The molecule has 3 heterocycles. The van der Waals surface area contributed by atoms with Gasteiger partial charge in [0, 0.05) is 25.0 Å². The van der Waals surface area contributed by atoms with E-state index < -0.39 is 0 Å². The first-order valence-corrected chi connectivity index (χ1v) is 10.5. The smallest absolute Gasteiger partial charge is 0.261 e. The molecule has 1 saturated heterocycles. The van der Waals surface area contributed by atoms with E-state index in [0.717, 1.165) is 38.2 Å². The molecule has 6 heteroatoms. The van der Waals surface area contributed by atoms with Gasteiger partial charge in [-0.15, -0.1) is 0 Å². The van der Waals surface area contributed by atoms with Gasteiger partial charge in [0.15, 0.2) is 0 Å². The molecule has 4 nitrogen and oxygen atoms in total. The molecule has 0 bridgehead atoms. The largest absolute Gasteiger partial charge is 0.296 e. The lowest BCUT2D eigenvalue weighted by molar-refractivity contribution is 0.0889. The van der Waals surface area contributed by atoms with E-state index in [4.69, 9.17) is 28.2 Å². The summed E-state index contributed by atoms with van der Waals surface area (Å²) in [7, 11) is 0. The summed E-state index contributed by atoms with van der Waals surface area (Å²) in [5, 5.41) is 1.38. The van der Waals surface area contributed by atoms with Gasteiger partial charge in [0.25, 0.3) is 5.56 Å². The fourth-order valence-corrected chi connectivity index (χ4v) is 5.14. The van der Waals surface area contributed by atoms with Crippen LogP contribution in [-0.2, 0) is 13.1 Å². The minimum Gasteiger partial charge on any atom is -0.296 e. The molecule has 0 radical (unpaired) electrons. The minimum atomic E-state index is -0.00259. The molecule has 0 unspecified atom stereocenters. The number of piperidine rings is 1. The number of fused-ring (bicyclic) bond motifs is 4. The summed E-state index contributed by atoms with van der Waals surface area (Å²) in [6.07, 6.45) is 3.15. The van der Waals surface area contributed by atoms with Crippen molar-refractivity contribution in [2.24, 2.45) is 0 Å². The van der Waals surface area contributed by atoms with Crippen LogP contribution in [0, 0.1) is 0 Å². The Kier molecular flexibility index (Phi) is 4.66. The molecule has 0 N–H and O–H groups in total. The number of hydrogen-bond donors (Lipinski definition) is 0. The van der Waals surface area contributed by atoms with Crippen LogP contribution >= 0.6 is 23.2 Å². The van der Waals surface area contributed by atoms with E-state index in [-0.39, 0.29) is 11.5 Å².